The summed E-state index contributed by atoms with van der Waals surface area (Å²) in [6.07, 6.45) is -0.463. The van der Waals surface area contributed by atoms with E-state index in [1.54, 1.807) is 9.80 Å². The van der Waals surface area contributed by atoms with Gasteiger partial charge in [-0.25, -0.2) is 9.59 Å². The molecule has 1 aromatic carbocycles. The van der Waals surface area contributed by atoms with Crippen LogP contribution in [-0.4, -0.2) is 64.8 Å². The summed E-state index contributed by atoms with van der Waals surface area (Å²) in [7, 11) is 0. The van der Waals surface area contributed by atoms with Gasteiger partial charge in [0.25, 0.3) is 0 Å². The molecular formula is C20H28N2O4S. The molecule has 0 spiro atoms. The summed E-state index contributed by atoms with van der Waals surface area (Å²) in [6, 6.07) is 9.71. The van der Waals surface area contributed by atoms with Gasteiger partial charge in [-0.3, -0.25) is 0 Å². The van der Waals surface area contributed by atoms with E-state index in [0.717, 1.165) is 37.5 Å². The van der Waals surface area contributed by atoms with Crippen molar-refractivity contribution in [3.05, 3.63) is 35.9 Å². The lowest BCUT2D eigenvalue weighted by atomic mass is 10.0. The third kappa shape index (κ3) is 5.79. The van der Waals surface area contributed by atoms with Crippen molar-refractivity contribution in [1.29, 1.82) is 0 Å². The zero-order chi connectivity index (χ0) is 19.4. The van der Waals surface area contributed by atoms with Crippen LogP contribution in [-0.2, 0) is 16.1 Å². The number of hydrogen-bond donors (Lipinski definition) is 0. The molecule has 2 fully saturated rings. The summed E-state index contributed by atoms with van der Waals surface area (Å²) in [5.41, 5.74) is 0.554. The van der Waals surface area contributed by atoms with Gasteiger partial charge in [-0.2, -0.15) is 11.8 Å². The van der Waals surface area contributed by atoms with E-state index < -0.39 is 5.60 Å². The van der Waals surface area contributed by atoms with Gasteiger partial charge >= 0.3 is 12.2 Å². The zero-order valence-electron chi connectivity index (χ0n) is 16.2. The van der Waals surface area contributed by atoms with Crippen LogP contribution in [0.25, 0.3) is 0 Å². The second kappa shape index (κ2) is 8.42. The Bertz CT molecular complexity index is 650. The van der Waals surface area contributed by atoms with E-state index >= 15 is 0 Å². The van der Waals surface area contributed by atoms with Crippen LogP contribution in [0, 0.1) is 5.92 Å². The number of rotatable bonds is 5. The van der Waals surface area contributed by atoms with Crippen LogP contribution in [0.1, 0.15) is 26.3 Å². The molecule has 6 nitrogen and oxygen atoms in total. The molecule has 0 aliphatic carbocycles. The molecule has 2 heterocycles. The van der Waals surface area contributed by atoms with Crippen molar-refractivity contribution in [2.75, 3.05) is 31.9 Å². The second-order valence-electron chi connectivity index (χ2n) is 8.15. The summed E-state index contributed by atoms with van der Waals surface area (Å²) in [4.78, 5) is 27.4. The van der Waals surface area contributed by atoms with Crippen LogP contribution in [0.4, 0.5) is 9.59 Å². The van der Waals surface area contributed by atoms with Crippen molar-refractivity contribution in [2.24, 2.45) is 5.92 Å². The van der Waals surface area contributed by atoms with Gasteiger partial charge in [0.05, 0.1) is 0 Å². The van der Waals surface area contributed by atoms with Crippen molar-refractivity contribution in [1.82, 2.24) is 9.80 Å². The van der Waals surface area contributed by atoms with Gasteiger partial charge < -0.3 is 19.3 Å². The molecule has 1 aromatic rings. The number of likely N-dealkylation sites (tertiary alicyclic amines) is 2. The number of thioether (sulfide) groups is 1. The fourth-order valence-corrected chi connectivity index (χ4v) is 4.25. The Morgan fingerprint density at radius 2 is 1.67 bits per heavy atom. The Balaban J connectivity index is 1.25. The predicted octanol–water partition coefficient (Wildman–Crippen LogP) is 3.61. The highest BCUT2D eigenvalue weighted by Crippen LogP contribution is 2.29. The Morgan fingerprint density at radius 1 is 1.04 bits per heavy atom. The largest absolute Gasteiger partial charge is 0.445 e. The maximum absolute atomic E-state index is 12.0. The third-order valence-electron chi connectivity index (χ3n) is 4.49. The molecule has 0 saturated carbocycles. The number of carbonyl (C=O) groups is 2. The lowest BCUT2D eigenvalue weighted by molar-refractivity contribution is 0.0143. The molecule has 0 bridgehead atoms. The molecule has 0 radical (unpaired) electrons. The minimum absolute atomic E-state index is 0.227. The van der Waals surface area contributed by atoms with Crippen LogP contribution in [0.2, 0.25) is 0 Å². The Kier molecular flexibility index (Phi) is 6.19. The van der Waals surface area contributed by atoms with E-state index in [4.69, 9.17) is 9.47 Å². The smallest absolute Gasteiger partial charge is 0.410 e. The molecule has 148 valence electrons. The highest BCUT2D eigenvalue weighted by atomic mass is 32.2. The summed E-state index contributed by atoms with van der Waals surface area (Å²) in [6.45, 7) is 8.95. The van der Waals surface area contributed by atoms with Gasteiger partial charge in [0.15, 0.2) is 0 Å². The van der Waals surface area contributed by atoms with E-state index in [0.29, 0.717) is 17.8 Å². The lowest BCUT2D eigenvalue weighted by Crippen LogP contribution is -2.55. The van der Waals surface area contributed by atoms with E-state index in [2.05, 4.69) is 0 Å². The summed E-state index contributed by atoms with van der Waals surface area (Å²) < 4.78 is 10.7. The van der Waals surface area contributed by atoms with Crippen molar-refractivity contribution in [3.8, 4) is 0 Å². The quantitative estimate of drug-likeness (QED) is 0.766. The fourth-order valence-electron chi connectivity index (χ4n) is 2.93. The summed E-state index contributed by atoms with van der Waals surface area (Å²) in [5, 5.41) is 0.469. The minimum atomic E-state index is -0.445. The summed E-state index contributed by atoms with van der Waals surface area (Å²) >= 11 is 1.88. The highest BCUT2D eigenvalue weighted by molar-refractivity contribution is 8.00. The zero-order valence-corrected chi connectivity index (χ0v) is 17.0. The summed E-state index contributed by atoms with van der Waals surface area (Å²) in [5.74, 6) is 1.52. The van der Waals surface area contributed by atoms with E-state index in [1.165, 1.54) is 0 Å². The number of nitrogens with zero attached hydrogens (tertiary/aromatic N) is 2. The standard InChI is InChI=1S/C20H28N2O4S/c1-20(2,3)26-19(24)22-11-17(12-22)27-14-16-9-21(10-16)18(23)25-13-15-7-5-4-6-8-15/h4-8,16-17H,9-14H2,1-3H3. The van der Waals surface area contributed by atoms with Gasteiger partial charge in [0, 0.05) is 37.3 Å². The number of hydrogen-bond acceptors (Lipinski definition) is 5. The van der Waals surface area contributed by atoms with E-state index in [1.807, 2.05) is 62.9 Å². The monoisotopic (exact) mass is 392 g/mol. The molecule has 2 aliphatic rings. The topological polar surface area (TPSA) is 59.1 Å². The van der Waals surface area contributed by atoms with E-state index in [9.17, 15) is 9.59 Å². The van der Waals surface area contributed by atoms with Gasteiger partial charge in [0.1, 0.15) is 12.2 Å². The minimum Gasteiger partial charge on any atom is -0.445 e. The van der Waals surface area contributed by atoms with Crippen LogP contribution < -0.4 is 0 Å². The average molecular weight is 393 g/mol. The SMILES string of the molecule is CC(C)(C)OC(=O)N1CC(SCC2CN(C(=O)OCc3ccccc3)C2)C1. The molecule has 0 atom stereocenters. The first-order valence-corrected chi connectivity index (χ1v) is 10.4. The van der Waals surface area contributed by atoms with Gasteiger partial charge in [-0.1, -0.05) is 30.3 Å². The average Bonchev–Trinajstić information content (AvgIpc) is 2.52. The van der Waals surface area contributed by atoms with Crippen molar-refractivity contribution in [3.63, 3.8) is 0 Å². The molecular weight excluding hydrogens is 364 g/mol. The molecule has 0 aromatic heterocycles. The van der Waals surface area contributed by atoms with Gasteiger partial charge in [-0.05, 0) is 32.1 Å². The van der Waals surface area contributed by atoms with Crippen LogP contribution >= 0.6 is 11.8 Å². The second-order valence-corrected chi connectivity index (χ2v) is 9.49. The Morgan fingerprint density at radius 3 is 2.30 bits per heavy atom. The highest BCUT2D eigenvalue weighted by Gasteiger charge is 2.36. The first kappa shape index (κ1) is 19.9. The normalized spacial score (nSPS) is 17.9. The maximum atomic E-state index is 12.0. The molecule has 2 aliphatic heterocycles. The first-order valence-electron chi connectivity index (χ1n) is 9.35. The number of benzene rings is 1. The molecule has 2 amide bonds. The molecule has 0 N–H and O–H groups in total. The Hall–Kier alpha value is -1.89. The molecule has 3 rings (SSSR count). The van der Waals surface area contributed by atoms with Crippen LogP contribution in [0.3, 0.4) is 0 Å². The number of ether oxygens (including phenoxy) is 2. The fraction of sp³-hybridized carbons (Fsp3) is 0.600. The maximum Gasteiger partial charge on any atom is 0.410 e. The Labute approximate surface area is 165 Å². The third-order valence-corrected chi connectivity index (χ3v) is 5.92. The predicted molar refractivity (Wildman–Crippen MR) is 106 cm³/mol. The van der Waals surface area contributed by atoms with Crippen LogP contribution in [0.15, 0.2) is 30.3 Å². The first-order chi connectivity index (χ1) is 12.8. The van der Waals surface area contributed by atoms with Gasteiger partial charge in [0.2, 0.25) is 0 Å². The molecule has 7 heteroatoms. The van der Waals surface area contributed by atoms with Crippen LogP contribution in [0.5, 0.6) is 0 Å². The van der Waals surface area contributed by atoms with Crippen molar-refractivity contribution in [2.45, 2.75) is 38.2 Å². The molecule has 0 unspecified atom stereocenters. The number of carbonyl (C=O) groups excluding carboxylic acids is 2. The van der Waals surface area contributed by atoms with E-state index in [-0.39, 0.29) is 12.2 Å². The van der Waals surface area contributed by atoms with Crippen molar-refractivity contribution < 1.29 is 19.1 Å². The van der Waals surface area contributed by atoms with Crippen molar-refractivity contribution >= 4 is 23.9 Å². The molecule has 27 heavy (non-hydrogen) atoms. The van der Waals surface area contributed by atoms with Gasteiger partial charge in [-0.15, -0.1) is 0 Å². The molecule has 2 saturated heterocycles. The number of amides is 2. The lowest BCUT2D eigenvalue weighted by Gasteiger charge is -2.42.